The van der Waals surface area contributed by atoms with Gasteiger partial charge in [-0.2, -0.15) is 0 Å². The zero-order valence-corrected chi connectivity index (χ0v) is 15.8. The van der Waals surface area contributed by atoms with Gasteiger partial charge in [0.25, 0.3) is 5.91 Å². The molecule has 2 aromatic heterocycles. The molecule has 0 spiro atoms. The maximum Gasteiger partial charge on any atom is 0.573 e. The molecule has 0 bridgehead atoms. The van der Waals surface area contributed by atoms with Crippen LogP contribution in [-0.4, -0.2) is 21.7 Å². The normalized spacial score (nSPS) is 11.6. The van der Waals surface area contributed by atoms with Crippen LogP contribution in [0.25, 0.3) is 16.2 Å². The van der Waals surface area contributed by atoms with E-state index in [0.717, 1.165) is 29.0 Å². The van der Waals surface area contributed by atoms with E-state index in [0.29, 0.717) is 16.3 Å². The summed E-state index contributed by atoms with van der Waals surface area (Å²) in [5, 5.41) is 4.34. The number of aryl methyl sites for hydroxylation is 1. The highest BCUT2D eigenvalue weighted by Crippen LogP contribution is 2.26. The summed E-state index contributed by atoms with van der Waals surface area (Å²) in [6.07, 6.45) is -2.98. The van der Waals surface area contributed by atoms with Gasteiger partial charge in [-0.05, 0) is 31.2 Å². The molecule has 2 heterocycles. The largest absolute Gasteiger partial charge is 0.573 e. The number of hydrogen-bond acceptors (Lipinski definition) is 4. The molecule has 9 heteroatoms. The Hall–Kier alpha value is -3.33. The number of anilines is 1. The molecular formula is C20H14F3N3O2S. The van der Waals surface area contributed by atoms with Gasteiger partial charge in [-0.1, -0.05) is 29.8 Å². The zero-order chi connectivity index (χ0) is 20.6. The first-order chi connectivity index (χ1) is 13.8. The Labute approximate surface area is 167 Å². The third-order valence-corrected chi connectivity index (χ3v) is 4.97. The number of carbonyl (C=O) groups excluding carboxylic acids is 1. The van der Waals surface area contributed by atoms with Gasteiger partial charge >= 0.3 is 6.36 Å². The van der Waals surface area contributed by atoms with Crippen LogP contribution in [0.5, 0.6) is 5.75 Å². The van der Waals surface area contributed by atoms with Crippen molar-refractivity contribution in [3.8, 4) is 17.0 Å². The molecule has 5 nitrogen and oxygen atoms in total. The average molecular weight is 417 g/mol. The van der Waals surface area contributed by atoms with E-state index >= 15 is 0 Å². The molecule has 0 aliphatic heterocycles. The van der Waals surface area contributed by atoms with Gasteiger partial charge in [0.1, 0.15) is 11.4 Å². The lowest BCUT2D eigenvalue weighted by Gasteiger charge is -2.09. The van der Waals surface area contributed by atoms with Crippen LogP contribution >= 0.6 is 11.3 Å². The predicted molar refractivity (Wildman–Crippen MR) is 104 cm³/mol. The number of thiazole rings is 1. The maximum atomic E-state index is 12.6. The van der Waals surface area contributed by atoms with Crippen molar-refractivity contribution in [2.75, 3.05) is 5.32 Å². The number of amides is 1. The van der Waals surface area contributed by atoms with Crippen LogP contribution in [0.1, 0.15) is 16.1 Å². The first-order valence-electron chi connectivity index (χ1n) is 8.49. The van der Waals surface area contributed by atoms with Crippen molar-refractivity contribution in [1.82, 2.24) is 9.38 Å². The van der Waals surface area contributed by atoms with Crippen LogP contribution < -0.4 is 10.1 Å². The van der Waals surface area contributed by atoms with E-state index in [1.54, 1.807) is 16.0 Å². The number of fused-ring (bicyclic) bond motifs is 1. The second-order valence-corrected chi connectivity index (χ2v) is 7.13. The monoisotopic (exact) mass is 417 g/mol. The molecule has 0 radical (unpaired) electrons. The van der Waals surface area contributed by atoms with Crippen LogP contribution in [0.4, 0.5) is 18.9 Å². The van der Waals surface area contributed by atoms with Crippen molar-refractivity contribution in [3.05, 3.63) is 71.4 Å². The van der Waals surface area contributed by atoms with Crippen molar-refractivity contribution in [1.29, 1.82) is 0 Å². The molecule has 0 aliphatic rings. The highest BCUT2D eigenvalue weighted by atomic mass is 32.1. The van der Waals surface area contributed by atoms with Crippen LogP contribution in [-0.2, 0) is 0 Å². The van der Waals surface area contributed by atoms with Crippen molar-refractivity contribution in [3.63, 3.8) is 0 Å². The van der Waals surface area contributed by atoms with Gasteiger partial charge < -0.3 is 10.1 Å². The minimum absolute atomic E-state index is 0.350. The Morgan fingerprint density at radius 1 is 1.10 bits per heavy atom. The van der Waals surface area contributed by atoms with Crippen LogP contribution in [0.2, 0.25) is 0 Å². The van der Waals surface area contributed by atoms with E-state index in [4.69, 9.17) is 0 Å². The maximum absolute atomic E-state index is 12.6. The van der Waals surface area contributed by atoms with E-state index in [9.17, 15) is 18.0 Å². The quantitative estimate of drug-likeness (QED) is 0.476. The van der Waals surface area contributed by atoms with E-state index in [1.807, 2.05) is 31.2 Å². The molecule has 0 aliphatic carbocycles. The minimum Gasteiger partial charge on any atom is -0.406 e. The van der Waals surface area contributed by atoms with E-state index in [2.05, 4.69) is 15.0 Å². The fourth-order valence-corrected chi connectivity index (χ4v) is 3.60. The van der Waals surface area contributed by atoms with E-state index in [-0.39, 0.29) is 5.75 Å². The lowest BCUT2D eigenvalue weighted by Crippen LogP contribution is -2.17. The number of imidazole rings is 1. The Bertz CT molecular complexity index is 1160. The number of carbonyl (C=O) groups is 1. The Morgan fingerprint density at radius 2 is 1.79 bits per heavy atom. The fraction of sp³-hybridized carbons (Fsp3) is 0.100. The lowest BCUT2D eigenvalue weighted by atomic mass is 10.1. The van der Waals surface area contributed by atoms with Crippen molar-refractivity contribution in [2.24, 2.45) is 0 Å². The first-order valence-corrected chi connectivity index (χ1v) is 9.37. The number of alkyl halides is 3. The van der Waals surface area contributed by atoms with Gasteiger partial charge in [-0.3, -0.25) is 9.20 Å². The molecule has 0 saturated heterocycles. The summed E-state index contributed by atoms with van der Waals surface area (Å²) in [6, 6.07) is 12.9. The topological polar surface area (TPSA) is 55.6 Å². The standard InChI is InChI=1S/C20H14F3N3O2S/c1-12-2-4-13(5-3-12)16-10-26-17(11-29-19(26)25-16)18(27)24-14-6-8-15(9-7-14)28-20(21,22)23/h2-11H,1H3,(H,24,27). The van der Waals surface area contributed by atoms with Gasteiger partial charge in [-0.25, -0.2) is 4.98 Å². The molecule has 0 saturated carbocycles. The van der Waals surface area contributed by atoms with E-state index in [1.165, 1.54) is 23.5 Å². The summed E-state index contributed by atoms with van der Waals surface area (Å²) in [5.41, 5.74) is 3.56. The third-order valence-electron chi connectivity index (χ3n) is 4.13. The second-order valence-electron chi connectivity index (χ2n) is 6.29. The van der Waals surface area contributed by atoms with Crippen molar-refractivity contribution in [2.45, 2.75) is 13.3 Å². The van der Waals surface area contributed by atoms with Crippen LogP contribution in [0.3, 0.4) is 0 Å². The summed E-state index contributed by atoms with van der Waals surface area (Å²) in [5.74, 6) is -0.751. The number of aromatic nitrogens is 2. The summed E-state index contributed by atoms with van der Waals surface area (Å²) in [7, 11) is 0. The lowest BCUT2D eigenvalue weighted by molar-refractivity contribution is -0.274. The van der Waals surface area contributed by atoms with Gasteiger partial charge in [0.05, 0.1) is 5.69 Å². The summed E-state index contributed by atoms with van der Waals surface area (Å²) < 4.78 is 42.2. The number of ether oxygens (including phenoxy) is 1. The SMILES string of the molecule is Cc1ccc(-c2cn3c(C(=O)Nc4ccc(OC(F)(F)F)cc4)csc3n2)cc1. The summed E-state index contributed by atoms with van der Waals surface area (Å²) in [6.45, 7) is 2.00. The highest BCUT2D eigenvalue weighted by Gasteiger charge is 2.31. The third kappa shape index (κ3) is 4.24. The summed E-state index contributed by atoms with van der Waals surface area (Å²) >= 11 is 1.33. The molecule has 4 rings (SSSR count). The molecule has 0 unspecified atom stereocenters. The van der Waals surface area contributed by atoms with Crippen LogP contribution in [0, 0.1) is 6.92 Å². The Balaban J connectivity index is 1.53. The van der Waals surface area contributed by atoms with Crippen molar-refractivity contribution < 1.29 is 22.7 Å². The number of benzene rings is 2. The molecule has 148 valence electrons. The average Bonchev–Trinajstić information content (AvgIpc) is 3.23. The molecule has 0 fully saturated rings. The second kappa shape index (κ2) is 7.25. The zero-order valence-electron chi connectivity index (χ0n) is 15.0. The Morgan fingerprint density at radius 3 is 2.45 bits per heavy atom. The molecule has 2 aromatic carbocycles. The summed E-state index contributed by atoms with van der Waals surface area (Å²) in [4.78, 5) is 17.8. The molecule has 0 atom stereocenters. The van der Waals surface area contributed by atoms with Gasteiger partial charge in [0, 0.05) is 22.8 Å². The predicted octanol–water partition coefficient (Wildman–Crippen LogP) is 5.52. The molecule has 4 aromatic rings. The number of hydrogen-bond donors (Lipinski definition) is 1. The molecule has 1 amide bonds. The number of halogens is 3. The smallest absolute Gasteiger partial charge is 0.406 e. The van der Waals surface area contributed by atoms with Gasteiger partial charge in [0.2, 0.25) is 0 Å². The number of nitrogens with zero attached hydrogens (tertiary/aromatic N) is 2. The van der Waals surface area contributed by atoms with E-state index < -0.39 is 12.3 Å². The van der Waals surface area contributed by atoms with Gasteiger partial charge in [-0.15, -0.1) is 24.5 Å². The minimum atomic E-state index is -4.76. The molecular weight excluding hydrogens is 403 g/mol. The Kier molecular flexibility index (Phi) is 4.75. The number of nitrogens with one attached hydrogen (secondary N) is 1. The molecule has 1 N–H and O–H groups in total. The number of rotatable bonds is 4. The molecule has 29 heavy (non-hydrogen) atoms. The fourth-order valence-electron chi connectivity index (χ4n) is 2.75. The first kappa shape index (κ1) is 19.0. The van der Waals surface area contributed by atoms with Gasteiger partial charge in [0.15, 0.2) is 4.96 Å². The van der Waals surface area contributed by atoms with Crippen molar-refractivity contribution >= 4 is 27.9 Å². The van der Waals surface area contributed by atoms with Crippen LogP contribution in [0.15, 0.2) is 60.1 Å². The highest BCUT2D eigenvalue weighted by molar-refractivity contribution is 7.15.